The Morgan fingerprint density at radius 3 is 2.65 bits per heavy atom. The van der Waals surface area contributed by atoms with Gasteiger partial charge in [-0.15, -0.1) is 0 Å². The van der Waals surface area contributed by atoms with Crippen molar-refractivity contribution >= 4 is 5.91 Å². The summed E-state index contributed by atoms with van der Waals surface area (Å²) in [5.74, 6) is 1.61. The Labute approximate surface area is 151 Å². The zero-order valence-corrected chi connectivity index (χ0v) is 14.7. The number of imidazole rings is 1. The van der Waals surface area contributed by atoms with Crippen LogP contribution in [0.3, 0.4) is 0 Å². The summed E-state index contributed by atoms with van der Waals surface area (Å²) in [6.07, 6.45) is 4.88. The van der Waals surface area contributed by atoms with Gasteiger partial charge in [-0.2, -0.15) is 10.2 Å². The number of amides is 1. The number of carbonyl (C=O) groups excluding carboxylic acids is 1. The molecule has 0 unspecified atom stereocenters. The third kappa shape index (κ3) is 2.81. The minimum Gasteiger partial charge on any atom is -0.497 e. The molecule has 7 heteroatoms. The Bertz CT molecular complexity index is 921. The summed E-state index contributed by atoms with van der Waals surface area (Å²) < 4.78 is 7.42. The summed E-state index contributed by atoms with van der Waals surface area (Å²) in [5, 5.41) is 7.59. The van der Waals surface area contributed by atoms with Gasteiger partial charge in [0.15, 0.2) is 0 Å². The van der Waals surface area contributed by atoms with E-state index in [4.69, 9.17) is 4.74 Å². The van der Waals surface area contributed by atoms with Crippen LogP contribution in [0, 0.1) is 6.92 Å². The molecule has 2 aromatic heterocycles. The third-order valence-electron chi connectivity index (χ3n) is 4.77. The Morgan fingerprint density at radius 2 is 1.96 bits per heavy atom. The number of fused-ring (bicyclic) bond motifs is 1. The van der Waals surface area contributed by atoms with Crippen molar-refractivity contribution in [1.82, 2.24) is 24.6 Å². The van der Waals surface area contributed by atoms with Crippen LogP contribution in [-0.2, 0) is 13.1 Å². The molecule has 1 atom stereocenters. The van der Waals surface area contributed by atoms with Crippen molar-refractivity contribution in [2.24, 2.45) is 0 Å². The first-order chi connectivity index (χ1) is 12.7. The Morgan fingerprint density at radius 1 is 1.15 bits per heavy atom. The van der Waals surface area contributed by atoms with Gasteiger partial charge in [0.05, 0.1) is 37.7 Å². The van der Waals surface area contributed by atoms with E-state index < -0.39 is 0 Å². The number of rotatable bonds is 3. The first-order valence-electron chi connectivity index (χ1n) is 8.40. The number of carbonyl (C=O) groups is 1. The van der Waals surface area contributed by atoms with E-state index in [0.29, 0.717) is 18.7 Å². The van der Waals surface area contributed by atoms with Gasteiger partial charge in [-0.1, -0.05) is 12.1 Å². The van der Waals surface area contributed by atoms with Crippen molar-refractivity contribution in [2.75, 3.05) is 7.11 Å². The zero-order chi connectivity index (χ0) is 18.1. The van der Waals surface area contributed by atoms with Gasteiger partial charge >= 0.3 is 0 Å². The molecule has 1 aliphatic rings. The molecule has 1 aliphatic heterocycles. The lowest BCUT2D eigenvalue weighted by Gasteiger charge is -2.37. The Hall–Kier alpha value is -3.22. The lowest BCUT2D eigenvalue weighted by molar-refractivity contribution is 0.0582. The van der Waals surface area contributed by atoms with Crippen LogP contribution in [0.15, 0.2) is 48.9 Å². The van der Waals surface area contributed by atoms with Gasteiger partial charge in [-0.25, -0.2) is 4.98 Å². The zero-order valence-electron chi connectivity index (χ0n) is 14.7. The van der Waals surface area contributed by atoms with E-state index in [1.165, 1.54) is 12.4 Å². The molecule has 0 spiro atoms. The second-order valence-electron chi connectivity index (χ2n) is 6.28. The highest BCUT2D eigenvalue weighted by Gasteiger charge is 2.33. The summed E-state index contributed by atoms with van der Waals surface area (Å²) in [7, 11) is 1.64. The van der Waals surface area contributed by atoms with E-state index in [1.54, 1.807) is 13.2 Å². The van der Waals surface area contributed by atoms with Crippen molar-refractivity contribution in [3.63, 3.8) is 0 Å². The second-order valence-corrected chi connectivity index (χ2v) is 6.28. The number of benzene rings is 1. The molecule has 7 nitrogen and oxygen atoms in total. The van der Waals surface area contributed by atoms with Crippen molar-refractivity contribution in [2.45, 2.75) is 26.1 Å². The SMILES string of the molecule is COc1ccc([C@H]2Cn3c(C)cnc3CN2C(=O)c2ccnnc2)cc1. The molecule has 132 valence electrons. The number of hydrogen-bond donors (Lipinski definition) is 0. The fourth-order valence-electron chi connectivity index (χ4n) is 3.33. The first kappa shape index (κ1) is 16.3. The normalized spacial score (nSPS) is 16.2. The molecule has 0 radical (unpaired) electrons. The molecule has 0 N–H and O–H groups in total. The Balaban J connectivity index is 1.74. The van der Waals surface area contributed by atoms with Crippen LogP contribution in [-0.4, -0.2) is 37.7 Å². The van der Waals surface area contributed by atoms with Crippen molar-refractivity contribution < 1.29 is 9.53 Å². The van der Waals surface area contributed by atoms with Crippen LogP contribution in [0.2, 0.25) is 0 Å². The van der Waals surface area contributed by atoms with Gasteiger partial charge in [0.25, 0.3) is 5.91 Å². The van der Waals surface area contributed by atoms with Gasteiger partial charge < -0.3 is 14.2 Å². The summed E-state index contributed by atoms with van der Waals surface area (Å²) in [5.41, 5.74) is 2.67. The maximum absolute atomic E-state index is 13.1. The molecule has 1 aromatic carbocycles. The van der Waals surface area contributed by atoms with Crippen LogP contribution in [0.1, 0.15) is 33.5 Å². The average molecular weight is 349 g/mol. The minimum absolute atomic E-state index is 0.0763. The van der Waals surface area contributed by atoms with Crippen molar-refractivity contribution in [1.29, 1.82) is 0 Å². The molecule has 1 amide bonds. The van der Waals surface area contributed by atoms with Crippen molar-refractivity contribution in [3.05, 3.63) is 71.6 Å². The molecular weight excluding hydrogens is 330 g/mol. The first-order valence-corrected chi connectivity index (χ1v) is 8.40. The van der Waals surface area contributed by atoms with Gasteiger partial charge in [-0.05, 0) is 30.7 Å². The molecule has 3 aromatic rings. The van der Waals surface area contributed by atoms with Gasteiger partial charge in [0, 0.05) is 18.4 Å². The number of nitrogens with zero attached hydrogens (tertiary/aromatic N) is 5. The minimum atomic E-state index is -0.0954. The molecule has 3 heterocycles. The van der Waals surface area contributed by atoms with Crippen LogP contribution >= 0.6 is 0 Å². The monoisotopic (exact) mass is 349 g/mol. The topological polar surface area (TPSA) is 73.1 Å². The van der Waals surface area contributed by atoms with E-state index in [-0.39, 0.29) is 11.9 Å². The van der Waals surface area contributed by atoms with Crippen LogP contribution in [0.25, 0.3) is 0 Å². The Kier molecular flexibility index (Phi) is 4.12. The quantitative estimate of drug-likeness (QED) is 0.726. The number of hydrogen-bond acceptors (Lipinski definition) is 5. The highest BCUT2D eigenvalue weighted by Crippen LogP contribution is 2.32. The maximum atomic E-state index is 13.1. The number of aromatic nitrogens is 4. The van der Waals surface area contributed by atoms with E-state index in [0.717, 1.165) is 22.8 Å². The smallest absolute Gasteiger partial charge is 0.256 e. The molecule has 4 rings (SSSR count). The van der Waals surface area contributed by atoms with Crippen LogP contribution < -0.4 is 4.74 Å². The number of aryl methyl sites for hydroxylation is 1. The highest BCUT2D eigenvalue weighted by molar-refractivity contribution is 5.94. The molecule has 26 heavy (non-hydrogen) atoms. The standard InChI is InChI=1S/C19H19N5O2/c1-13-9-20-18-12-24(19(25)15-7-8-21-22-10-15)17(11-23(13)18)14-3-5-16(26-2)6-4-14/h3-10,17H,11-12H2,1-2H3/t17-/m1/s1. The lowest BCUT2D eigenvalue weighted by Crippen LogP contribution is -2.41. The van der Waals surface area contributed by atoms with Crippen LogP contribution in [0.4, 0.5) is 0 Å². The van der Waals surface area contributed by atoms with Gasteiger partial charge in [0.2, 0.25) is 0 Å². The average Bonchev–Trinajstić information content (AvgIpc) is 3.07. The van der Waals surface area contributed by atoms with E-state index in [1.807, 2.05) is 42.3 Å². The molecule has 0 saturated carbocycles. The third-order valence-corrected chi connectivity index (χ3v) is 4.77. The van der Waals surface area contributed by atoms with Gasteiger partial charge in [0.1, 0.15) is 11.6 Å². The fourth-order valence-corrected chi connectivity index (χ4v) is 3.33. The highest BCUT2D eigenvalue weighted by atomic mass is 16.5. The molecule has 0 fully saturated rings. The predicted molar refractivity (Wildman–Crippen MR) is 94.6 cm³/mol. The van der Waals surface area contributed by atoms with Gasteiger partial charge in [-0.3, -0.25) is 4.79 Å². The fraction of sp³-hybridized carbons (Fsp3) is 0.263. The summed E-state index contributed by atoms with van der Waals surface area (Å²) >= 11 is 0. The lowest BCUT2D eigenvalue weighted by atomic mass is 10.0. The summed E-state index contributed by atoms with van der Waals surface area (Å²) in [6, 6.07) is 9.44. The number of methoxy groups -OCH3 is 1. The van der Waals surface area contributed by atoms with Crippen molar-refractivity contribution in [3.8, 4) is 5.75 Å². The van der Waals surface area contributed by atoms with Crippen LogP contribution in [0.5, 0.6) is 5.75 Å². The number of ether oxygens (including phenoxy) is 1. The van der Waals surface area contributed by atoms with E-state index >= 15 is 0 Å². The van der Waals surface area contributed by atoms with E-state index in [9.17, 15) is 4.79 Å². The predicted octanol–water partition coefficient (Wildman–Crippen LogP) is 2.39. The maximum Gasteiger partial charge on any atom is 0.256 e. The summed E-state index contributed by atoms with van der Waals surface area (Å²) in [4.78, 5) is 19.4. The molecule has 0 bridgehead atoms. The summed E-state index contributed by atoms with van der Waals surface area (Å²) in [6.45, 7) is 3.15. The second kappa shape index (κ2) is 6.59. The largest absolute Gasteiger partial charge is 0.497 e. The molecular formula is C19H19N5O2. The molecule has 0 aliphatic carbocycles. The van der Waals surface area contributed by atoms with E-state index in [2.05, 4.69) is 19.7 Å². The molecule has 0 saturated heterocycles.